The van der Waals surface area contributed by atoms with E-state index < -0.39 is 22.8 Å². The Balaban J connectivity index is 2.08. The molecule has 0 saturated carbocycles. The lowest BCUT2D eigenvalue weighted by Crippen LogP contribution is -2.37. The predicted molar refractivity (Wildman–Crippen MR) is 114 cm³/mol. The summed E-state index contributed by atoms with van der Waals surface area (Å²) in [6, 6.07) is 4.56. The van der Waals surface area contributed by atoms with Crippen molar-refractivity contribution < 1.29 is 19.1 Å². The van der Waals surface area contributed by atoms with Gasteiger partial charge in [0.1, 0.15) is 11.4 Å². The molecule has 0 saturated heterocycles. The number of hydrogen-bond donors (Lipinski definition) is 0. The zero-order valence-electron chi connectivity index (χ0n) is 18.6. The summed E-state index contributed by atoms with van der Waals surface area (Å²) < 4.78 is 12.4. The van der Waals surface area contributed by atoms with Gasteiger partial charge in [-0.25, -0.2) is 14.3 Å². The van der Waals surface area contributed by atoms with Gasteiger partial charge < -0.3 is 14.0 Å². The lowest BCUT2D eigenvalue weighted by atomic mass is 9.95. The van der Waals surface area contributed by atoms with Crippen molar-refractivity contribution in [3.8, 4) is 5.82 Å². The maximum atomic E-state index is 12.2. The Hall–Kier alpha value is -3.23. The number of aryl methyl sites for hydroxylation is 1. The van der Waals surface area contributed by atoms with E-state index in [0.29, 0.717) is 19.3 Å². The first-order valence-corrected chi connectivity index (χ1v) is 10.1. The van der Waals surface area contributed by atoms with Crippen LogP contribution in [0.15, 0.2) is 40.2 Å². The summed E-state index contributed by atoms with van der Waals surface area (Å²) in [6.07, 6.45) is 4.42. The molecule has 1 atom stereocenters. The number of carbonyl (C=O) groups excluding carboxylic acids is 2. The zero-order valence-corrected chi connectivity index (χ0v) is 18.6. The number of hydrogen-bond acceptors (Lipinski definition) is 7. The summed E-state index contributed by atoms with van der Waals surface area (Å²) in [7, 11) is 2.87. The third-order valence-electron chi connectivity index (χ3n) is 4.56. The molecule has 2 aromatic heterocycles. The molecule has 2 aromatic rings. The van der Waals surface area contributed by atoms with Gasteiger partial charge in [0.15, 0.2) is 0 Å². The Kier molecular flexibility index (Phi) is 7.90. The third-order valence-corrected chi connectivity index (χ3v) is 4.56. The number of aromatic nitrogens is 3. The fourth-order valence-electron chi connectivity index (χ4n) is 3.09. The minimum absolute atomic E-state index is 0.203. The Labute approximate surface area is 180 Å². The van der Waals surface area contributed by atoms with E-state index in [1.165, 1.54) is 30.1 Å². The number of methoxy groups -OCH3 is 1. The first kappa shape index (κ1) is 24.0. The van der Waals surface area contributed by atoms with Gasteiger partial charge in [0.05, 0.1) is 13.0 Å². The molecule has 0 radical (unpaired) electrons. The highest BCUT2D eigenvalue weighted by Crippen LogP contribution is 2.18. The lowest BCUT2D eigenvalue weighted by Gasteiger charge is -2.20. The minimum Gasteiger partial charge on any atom is -0.469 e. The van der Waals surface area contributed by atoms with Crippen LogP contribution in [0.4, 0.5) is 0 Å². The number of ether oxygens (including phenoxy) is 2. The molecule has 168 valence electrons. The van der Waals surface area contributed by atoms with Crippen LogP contribution in [0.2, 0.25) is 0 Å². The van der Waals surface area contributed by atoms with Gasteiger partial charge in [-0.05, 0) is 51.7 Å². The third kappa shape index (κ3) is 6.91. The van der Waals surface area contributed by atoms with Crippen LogP contribution >= 0.6 is 0 Å². The maximum absolute atomic E-state index is 12.2. The molecule has 0 bridgehead atoms. The zero-order chi connectivity index (χ0) is 23.2. The van der Waals surface area contributed by atoms with E-state index in [9.17, 15) is 19.2 Å². The summed E-state index contributed by atoms with van der Waals surface area (Å²) >= 11 is 0. The Morgan fingerprint density at radius 1 is 1.16 bits per heavy atom. The van der Waals surface area contributed by atoms with Crippen molar-refractivity contribution in [2.24, 2.45) is 13.0 Å². The van der Waals surface area contributed by atoms with Crippen LogP contribution < -0.4 is 11.2 Å². The SMILES string of the molecule is COC(=O)[C@@H](CCCC(=O)OC(C)(C)C)Cc1ccc(-n2c(=O)ccn(C)c2=O)nc1. The first-order chi connectivity index (χ1) is 14.5. The summed E-state index contributed by atoms with van der Waals surface area (Å²) in [5.41, 5.74) is -0.772. The molecule has 0 amide bonds. The topological polar surface area (TPSA) is 109 Å². The van der Waals surface area contributed by atoms with E-state index in [0.717, 1.165) is 10.1 Å². The Bertz CT molecular complexity index is 1030. The predicted octanol–water partition coefficient (Wildman–Crippen LogP) is 1.77. The normalized spacial score (nSPS) is 12.3. The van der Waals surface area contributed by atoms with E-state index in [1.54, 1.807) is 40.0 Å². The van der Waals surface area contributed by atoms with Crippen molar-refractivity contribution in [2.45, 2.75) is 52.1 Å². The van der Waals surface area contributed by atoms with E-state index in [2.05, 4.69) is 4.98 Å². The maximum Gasteiger partial charge on any atom is 0.336 e. The molecule has 0 fully saturated rings. The molecular formula is C22H29N3O6. The van der Waals surface area contributed by atoms with Crippen LogP contribution in [0, 0.1) is 5.92 Å². The van der Waals surface area contributed by atoms with Crippen molar-refractivity contribution in [1.29, 1.82) is 0 Å². The van der Waals surface area contributed by atoms with Gasteiger partial charge in [-0.3, -0.25) is 14.4 Å². The lowest BCUT2D eigenvalue weighted by molar-refractivity contribution is -0.155. The van der Waals surface area contributed by atoms with Gasteiger partial charge in [-0.2, -0.15) is 0 Å². The van der Waals surface area contributed by atoms with E-state index in [1.807, 2.05) is 0 Å². The fourth-order valence-corrected chi connectivity index (χ4v) is 3.09. The van der Waals surface area contributed by atoms with Crippen molar-refractivity contribution in [3.63, 3.8) is 0 Å². The van der Waals surface area contributed by atoms with Crippen molar-refractivity contribution in [3.05, 3.63) is 57.0 Å². The van der Waals surface area contributed by atoms with Crippen LogP contribution in [0.3, 0.4) is 0 Å². The van der Waals surface area contributed by atoms with Crippen molar-refractivity contribution in [2.75, 3.05) is 7.11 Å². The van der Waals surface area contributed by atoms with Gasteiger partial charge in [0.25, 0.3) is 5.56 Å². The average Bonchev–Trinajstić information content (AvgIpc) is 2.69. The number of rotatable bonds is 8. The summed E-state index contributed by atoms with van der Waals surface area (Å²) in [5, 5.41) is 0. The highest BCUT2D eigenvalue weighted by atomic mass is 16.6. The Morgan fingerprint density at radius 3 is 2.45 bits per heavy atom. The molecule has 9 nitrogen and oxygen atoms in total. The van der Waals surface area contributed by atoms with Gasteiger partial charge in [0, 0.05) is 31.9 Å². The van der Waals surface area contributed by atoms with Gasteiger partial charge in [-0.15, -0.1) is 0 Å². The van der Waals surface area contributed by atoms with Crippen molar-refractivity contribution >= 4 is 11.9 Å². The van der Waals surface area contributed by atoms with Gasteiger partial charge >= 0.3 is 17.6 Å². The highest BCUT2D eigenvalue weighted by molar-refractivity contribution is 5.73. The average molecular weight is 431 g/mol. The molecular weight excluding hydrogens is 402 g/mol. The molecule has 31 heavy (non-hydrogen) atoms. The highest BCUT2D eigenvalue weighted by Gasteiger charge is 2.22. The second-order valence-corrected chi connectivity index (χ2v) is 8.31. The largest absolute Gasteiger partial charge is 0.469 e. The summed E-state index contributed by atoms with van der Waals surface area (Å²) in [5.74, 6) is -0.930. The molecule has 0 aliphatic carbocycles. The van der Waals surface area contributed by atoms with Crippen LogP contribution in [0.25, 0.3) is 5.82 Å². The summed E-state index contributed by atoms with van der Waals surface area (Å²) in [6.45, 7) is 5.41. The molecule has 2 rings (SSSR count). The molecule has 0 unspecified atom stereocenters. The number of esters is 2. The molecule has 9 heteroatoms. The molecule has 2 heterocycles. The second kappa shape index (κ2) is 10.2. The number of nitrogens with zero attached hydrogens (tertiary/aromatic N) is 3. The van der Waals surface area contributed by atoms with Crippen LogP contribution in [-0.4, -0.2) is 38.8 Å². The van der Waals surface area contributed by atoms with Crippen LogP contribution in [0.1, 0.15) is 45.6 Å². The van der Waals surface area contributed by atoms with Gasteiger partial charge in [-0.1, -0.05) is 6.07 Å². The number of carbonyl (C=O) groups is 2. The van der Waals surface area contributed by atoms with E-state index in [-0.39, 0.29) is 24.2 Å². The standard InChI is InChI=1S/C22H29N3O6/c1-22(2,3)31-19(27)8-6-7-16(20(28)30-5)13-15-9-10-17(23-14-15)25-18(26)11-12-24(4)21(25)29/h9-12,14,16H,6-8,13H2,1-5H3/t16-/m0/s1. The molecule has 0 N–H and O–H groups in total. The molecule has 0 spiro atoms. The van der Waals surface area contributed by atoms with Gasteiger partial charge in [0.2, 0.25) is 0 Å². The smallest absolute Gasteiger partial charge is 0.336 e. The van der Waals surface area contributed by atoms with Crippen LogP contribution in [0.5, 0.6) is 0 Å². The van der Waals surface area contributed by atoms with Crippen molar-refractivity contribution in [1.82, 2.24) is 14.1 Å². The first-order valence-electron chi connectivity index (χ1n) is 10.1. The molecule has 0 aliphatic heterocycles. The second-order valence-electron chi connectivity index (χ2n) is 8.31. The van der Waals surface area contributed by atoms with E-state index in [4.69, 9.17) is 9.47 Å². The minimum atomic E-state index is -0.548. The monoisotopic (exact) mass is 431 g/mol. The Morgan fingerprint density at radius 2 is 1.87 bits per heavy atom. The van der Waals surface area contributed by atoms with Crippen LogP contribution in [-0.2, 0) is 32.5 Å². The van der Waals surface area contributed by atoms with E-state index >= 15 is 0 Å². The quantitative estimate of drug-likeness (QED) is 0.586. The summed E-state index contributed by atoms with van der Waals surface area (Å²) in [4.78, 5) is 52.6. The molecule has 0 aromatic carbocycles. The number of pyridine rings is 1. The molecule has 0 aliphatic rings. The fraction of sp³-hybridized carbons (Fsp3) is 0.500.